The number of nitriles is 2. The lowest BCUT2D eigenvalue weighted by atomic mass is 9.90. The maximum absolute atomic E-state index is 10.3. The van der Waals surface area contributed by atoms with Crippen LogP contribution in [0, 0.1) is 35.8 Å². The molecular formula is C46H25N5. The van der Waals surface area contributed by atoms with E-state index in [1.54, 1.807) is 36.4 Å². The largest absolute Gasteiger partial charge is 0.309 e. The lowest BCUT2D eigenvalue weighted by Gasteiger charge is -2.14. The number of aromatic nitrogens is 1. The third-order valence-electron chi connectivity index (χ3n) is 9.31. The Morgan fingerprint density at radius 2 is 0.882 bits per heavy atom. The molecule has 0 saturated carbocycles. The zero-order valence-electron chi connectivity index (χ0n) is 27.2. The molecule has 0 fully saturated rings. The van der Waals surface area contributed by atoms with Crippen LogP contribution < -0.4 is 0 Å². The Hall–Kier alpha value is -7.70. The van der Waals surface area contributed by atoms with Crippen LogP contribution in [0.5, 0.6) is 0 Å². The van der Waals surface area contributed by atoms with E-state index in [2.05, 4.69) is 81.0 Å². The van der Waals surface area contributed by atoms with Gasteiger partial charge < -0.3 is 4.57 Å². The fourth-order valence-electron chi connectivity index (χ4n) is 7.16. The summed E-state index contributed by atoms with van der Waals surface area (Å²) < 4.78 is 2.22. The highest BCUT2D eigenvalue weighted by atomic mass is 15.0. The van der Waals surface area contributed by atoms with Gasteiger partial charge in [0.2, 0.25) is 0 Å². The van der Waals surface area contributed by atoms with Gasteiger partial charge in [0.25, 0.3) is 0 Å². The third kappa shape index (κ3) is 5.08. The zero-order valence-corrected chi connectivity index (χ0v) is 27.2. The van der Waals surface area contributed by atoms with E-state index in [-0.39, 0.29) is 0 Å². The topological polar surface area (TPSA) is 61.2 Å². The molecule has 0 amide bonds. The van der Waals surface area contributed by atoms with Crippen molar-refractivity contribution in [3.05, 3.63) is 186 Å². The van der Waals surface area contributed by atoms with Crippen molar-refractivity contribution in [3.63, 3.8) is 0 Å². The van der Waals surface area contributed by atoms with Gasteiger partial charge in [-0.15, -0.1) is 0 Å². The average molecular weight is 648 g/mol. The molecule has 5 heteroatoms. The lowest BCUT2D eigenvalue weighted by molar-refractivity contribution is 1.18. The van der Waals surface area contributed by atoms with Crippen LogP contribution in [-0.2, 0) is 0 Å². The van der Waals surface area contributed by atoms with E-state index in [0.717, 1.165) is 60.9 Å². The van der Waals surface area contributed by atoms with Gasteiger partial charge in [0.1, 0.15) is 0 Å². The second kappa shape index (κ2) is 12.7. The maximum atomic E-state index is 10.3. The standard InChI is InChI=1S/C46H25N5/c1-49-39-21-9-17-32(28-47)43(39)37-19-11-23-41-45(37)46-38(44-33(29-48)18-10-22-40(44)50-2)20-12-24-42(46)51(41)36-26-34(30-13-5-3-6-14-30)25-35(27-36)31-15-7-4-8-16-31/h3-27H. The molecule has 0 unspecified atom stereocenters. The Balaban J connectivity index is 1.58. The molecule has 0 saturated heterocycles. The van der Waals surface area contributed by atoms with E-state index in [1.807, 2.05) is 60.7 Å². The molecule has 8 aromatic rings. The summed E-state index contributed by atoms with van der Waals surface area (Å²) in [6.45, 7) is 16.1. The average Bonchev–Trinajstić information content (AvgIpc) is 3.55. The molecule has 5 nitrogen and oxygen atoms in total. The SMILES string of the molecule is [C-]#[N+]c1cccc(C#N)c1-c1cccc2c1c1c(-c3c(C#N)cccc3[N+]#[C-])cccc1n2-c1cc(-c2ccccc2)cc(-c2ccccc2)c1. The van der Waals surface area contributed by atoms with Crippen LogP contribution in [-0.4, -0.2) is 4.57 Å². The minimum atomic E-state index is 0.372. The molecule has 7 aromatic carbocycles. The first-order chi connectivity index (χ1) is 25.1. The minimum Gasteiger partial charge on any atom is -0.309 e. The highest BCUT2D eigenvalue weighted by Crippen LogP contribution is 2.48. The minimum absolute atomic E-state index is 0.372. The Bertz CT molecular complexity index is 2580. The Morgan fingerprint density at radius 1 is 0.451 bits per heavy atom. The molecule has 234 valence electrons. The normalized spacial score (nSPS) is 10.7. The summed E-state index contributed by atoms with van der Waals surface area (Å²) in [4.78, 5) is 7.68. The van der Waals surface area contributed by atoms with Gasteiger partial charge >= 0.3 is 0 Å². The molecule has 0 spiro atoms. The third-order valence-corrected chi connectivity index (χ3v) is 9.31. The molecule has 0 aliphatic heterocycles. The molecule has 0 atom stereocenters. The van der Waals surface area contributed by atoms with Crippen molar-refractivity contribution >= 4 is 33.2 Å². The first kappa shape index (κ1) is 30.6. The van der Waals surface area contributed by atoms with Crippen LogP contribution in [0.15, 0.2) is 152 Å². The number of hydrogen-bond donors (Lipinski definition) is 0. The van der Waals surface area contributed by atoms with E-state index in [0.29, 0.717) is 33.6 Å². The second-order valence-electron chi connectivity index (χ2n) is 12.1. The fraction of sp³-hybridized carbons (Fsp3) is 0. The molecule has 0 aliphatic rings. The lowest BCUT2D eigenvalue weighted by Crippen LogP contribution is -1.96. The molecule has 51 heavy (non-hydrogen) atoms. The summed E-state index contributed by atoms with van der Waals surface area (Å²) >= 11 is 0. The van der Waals surface area contributed by atoms with Crippen molar-refractivity contribution in [2.75, 3.05) is 0 Å². The monoisotopic (exact) mass is 647 g/mol. The van der Waals surface area contributed by atoms with Gasteiger partial charge in [-0.2, -0.15) is 10.5 Å². The van der Waals surface area contributed by atoms with E-state index >= 15 is 0 Å². The van der Waals surface area contributed by atoms with Crippen LogP contribution in [0.3, 0.4) is 0 Å². The molecular weight excluding hydrogens is 623 g/mol. The number of benzene rings is 7. The highest BCUT2D eigenvalue weighted by Gasteiger charge is 2.24. The molecule has 0 N–H and O–H groups in total. The molecule has 1 heterocycles. The van der Waals surface area contributed by atoms with E-state index in [4.69, 9.17) is 13.1 Å². The molecule has 0 bridgehead atoms. The van der Waals surface area contributed by atoms with Crippen LogP contribution in [0.1, 0.15) is 11.1 Å². The Labute approximate surface area is 295 Å². The van der Waals surface area contributed by atoms with E-state index in [1.165, 1.54) is 0 Å². The number of nitrogens with zero attached hydrogens (tertiary/aromatic N) is 5. The van der Waals surface area contributed by atoms with Gasteiger partial charge in [-0.25, -0.2) is 9.69 Å². The summed E-state index contributed by atoms with van der Waals surface area (Å²) in [5.41, 5.74) is 11.0. The smallest absolute Gasteiger partial charge is 0.196 e. The van der Waals surface area contributed by atoms with Crippen molar-refractivity contribution in [2.45, 2.75) is 0 Å². The predicted molar refractivity (Wildman–Crippen MR) is 204 cm³/mol. The molecule has 1 aromatic heterocycles. The summed E-state index contributed by atoms with van der Waals surface area (Å²) in [7, 11) is 0. The summed E-state index contributed by atoms with van der Waals surface area (Å²) in [6.07, 6.45) is 0. The van der Waals surface area contributed by atoms with Gasteiger partial charge in [0, 0.05) is 38.7 Å². The van der Waals surface area contributed by atoms with Gasteiger partial charge in [0.15, 0.2) is 11.4 Å². The maximum Gasteiger partial charge on any atom is 0.196 e. The van der Waals surface area contributed by atoms with Crippen molar-refractivity contribution in [1.29, 1.82) is 10.5 Å². The Kier molecular flexibility index (Phi) is 7.64. The van der Waals surface area contributed by atoms with E-state index in [9.17, 15) is 10.5 Å². The van der Waals surface area contributed by atoms with Crippen LogP contribution >= 0.6 is 0 Å². The predicted octanol–water partition coefficient (Wildman–Crippen LogP) is 12.3. The quantitative estimate of drug-likeness (QED) is 0.175. The first-order valence-electron chi connectivity index (χ1n) is 16.3. The van der Waals surface area contributed by atoms with Gasteiger partial charge in [-0.1, -0.05) is 109 Å². The Morgan fingerprint density at radius 3 is 1.29 bits per heavy atom. The van der Waals surface area contributed by atoms with Crippen molar-refractivity contribution in [3.8, 4) is 62.3 Å². The summed E-state index contributed by atoms with van der Waals surface area (Å²) in [6, 6.07) is 54.1. The van der Waals surface area contributed by atoms with Crippen LogP contribution in [0.25, 0.3) is 81.7 Å². The number of fused-ring (bicyclic) bond motifs is 3. The van der Waals surface area contributed by atoms with Crippen molar-refractivity contribution < 1.29 is 0 Å². The first-order valence-corrected chi connectivity index (χ1v) is 16.3. The summed E-state index contributed by atoms with van der Waals surface area (Å²) in [5, 5.41) is 22.2. The second-order valence-corrected chi connectivity index (χ2v) is 12.1. The fourth-order valence-corrected chi connectivity index (χ4v) is 7.16. The van der Waals surface area contributed by atoms with Crippen LogP contribution in [0.2, 0.25) is 0 Å². The van der Waals surface area contributed by atoms with Crippen molar-refractivity contribution in [1.82, 2.24) is 4.57 Å². The van der Waals surface area contributed by atoms with Crippen LogP contribution in [0.4, 0.5) is 11.4 Å². The molecule has 0 radical (unpaired) electrons. The van der Waals surface area contributed by atoms with Crippen molar-refractivity contribution in [2.24, 2.45) is 0 Å². The highest BCUT2D eigenvalue weighted by molar-refractivity contribution is 6.22. The van der Waals surface area contributed by atoms with E-state index < -0.39 is 0 Å². The molecule has 0 aliphatic carbocycles. The number of rotatable bonds is 5. The molecule has 8 rings (SSSR count). The number of hydrogen-bond acceptors (Lipinski definition) is 2. The zero-order chi connectivity index (χ0) is 34.9. The van der Waals surface area contributed by atoms with Gasteiger partial charge in [0.05, 0.1) is 36.3 Å². The summed E-state index contributed by atoms with van der Waals surface area (Å²) in [5.74, 6) is 0. The van der Waals surface area contributed by atoms with Gasteiger partial charge in [-0.3, -0.25) is 0 Å². The van der Waals surface area contributed by atoms with Gasteiger partial charge in [-0.05, 0) is 75.8 Å².